The minimum Gasteiger partial charge on any atom is -0.328 e. The fourth-order valence-electron chi connectivity index (χ4n) is 3.66. The molecule has 1 aromatic carbocycles. The third-order valence-corrected chi connectivity index (χ3v) is 4.65. The molecule has 1 amide bonds. The van der Waals surface area contributed by atoms with Crippen molar-refractivity contribution in [3.8, 4) is 0 Å². The molecule has 2 aliphatic rings. The topological polar surface area (TPSA) is 46.1 Å². The smallest absolute Gasteiger partial charge is 0.257 e. The molecule has 0 saturated carbocycles. The maximum Gasteiger partial charge on any atom is 0.257 e. The predicted octanol–water partition coefficient (Wildman–Crippen LogP) is 2.83. The van der Waals surface area contributed by atoms with Crippen molar-refractivity contribution in [2.45, 2.75) is 38.3 Å². The SMILES string of the molecule is Cc1ncc2c(n1)C[C@@H]1CC[C@H]2N1C(=O)c1ccccc1F. The third-order valence-electron chi connectivity index (χ3n) is 4.65. The Morgan fingerprint density at radius 3 is 2.95 bits per heavy atom. The van der Waals surface area contributed by atoms with E-state index in [9.17, 15) is 9.18 Å². The minimum absolute atomic E-state index is 0.0264. The number of rotatable bonds is 1. The Hall–Kier alpha value is -2.30. The Morgan fingerprint density at radius 1 is 1.32 bits per heavy atom. The molecule has 2 aromatic rings. The molecule has 3 heterocycles. The quantitative estimate of drug-likeness (QED) is 0.813. The molecule has 0 spiro atoms. The molecule has 4 nitrogen and oxygen atoms in total. The monoisotopic (exact) mass is 297 g/mol. The van der Waals surface area contributed by atoms with E-state index >= 15 is 0 Å². The Labute approximate surface area is 128 Å². The lowest BCUT2D eigenvalue weighted by molar-refractivity contribution is 0.0639. The van der Waals surface area contributed by atoms with E-state index in [0.29, 0.717) is 0 Å². The van der Waals surface area contributed by atoms with Crippen LogP contribution in [-0.4, -0.2) is 26.8 Å². The number of hydrogen-bond donors (Lipinski definition) is 0. The first kappa shape index (κ1) is 13.4. The number of carbonyl (C=O) groups excluding carboxylic acids is 1. The normalized spacial score (nSPS) is 22.5. The van der Waals surface area contributed by atoms with Gasteiger partial charge in [-0.1, -0.05) is 12.1 Å². The van der Waals surface area contributed by atoms with E-state index in [1.807, 2.05) is 18.0 Å². The van der Waals surface area contributed by atoms with Gasteiger partial charge < -0.3 is 4.90 Å². The minimum atomic E-state index is -0.460. The van der Waals surface area contributed by atoms with E-state index in [0.717, 1.165) is 36.3 Å². The number of amides is 1. The zero-order valence-corrected chi connectivity index (χ0v) is 12.3. The van der Waals surface area contributed by atoms with Crippen molar-refractivity contribution in [3.05, 3.63) is 58.9 Å². The van der Waals surface area contributed by atoms with Crippen LogP contribution >= 0.6 is 0 Å². The van der Waals surface area contributed by atoms with Crippen molar-refractivity contribution < 1.29 is 9.18 Å². The van der Waals surface area contributed by atoms with Crippen LogP contribution in [-0.2, 0) is 6.42 Å². The second-order valence-electron chi connectivity index (χ2n) is 5.96. The van der Waals surface area contributed by atoms with Crippen molar-refractivity contribution in [2.24, 2.45) is 0 Å². The van der Waals surface area contributed by atoms with Crippen molar-refractivity contribution in [3.63, 3.8) is 0 Å². The summed E-state index contributed by atoms with van der Waals surface area (Å²) >= 11 is 0. The number of nitrogens with zero attached hydrogens (tertiary/aromatic N) is 3. The van der Waals surface area contributed by atoms with Gasteiger partial charge in [-0.05, 0) is 31.9 Å². The van der Waals surface area contributed by atoms with Crippen molar-refractivity contribution in [2.75, 3.05) is 0 Å². The van der Waals surface area contributed by atoms with Crippen LogP contribution < -0.4 is 0 Å². The molecule has 22 heavy (non-hydrogen) atoms. The lowest BCUT2D eigenvalue weighted by Gasteiger charge is -2.35. The van der Waals surface area contributed by atoms with Gasteiger partial charge in [-0.15, -0.1) is 0 Å². The second-order valence-corrected chi connectivity index (χ2v) is 5.96. The van der Waals surface area contributed by atoms with Crippen LogP contribution in [0.4, 0.5) is 4.39 Å². The number of carbonyl (C=O) groups is 1. The van der Waals surface area contributed by atoms with Crippen LogP contribution in [0.15, 0.2) is 30.5 Å². The lowest BCUT2D eigenvalue weighted by atomic mass is 9.98. The van der Waals surface area contributed by atoms with Crippen molar-refractivity contribution in [1.82, 2.24) is 14.9 Å². The zero-order chi connectivity index (χ0) is 15.3. The molecule has 2 bridgehead atoms. The van der Waals surface area contributed by atoms with Crippen LogP contribution in [0, 0.1) is 12.7 Å². The molecule has 1 aromatic heterocycles. The van der Waals surface area contributed by atoms with Crippen LogP contribution in [0.2, 0.25) is 0 Å². The molecule has 0 N–H and O–H groups in total. The van der Waals surface area contributed by atoms with Crippen molar-refractivity contribution >= 4 is 5.91 Å². The summed E-state index contributed by atoms with van der Waals surface area (Å²) in [5.74, 6) is 0.0710. The molecule has 112 valence electrons. The maximum atomic E-state index is 13.9. The highest BCUT2D eigenvalue weighted by Gasteiger charge is 2.44. The predicted molar refractivity (Wildman–Crippen MR) is 78.8 cm³/mol. The fourth-order valence-corrected chi connectivity index (χ4v) is 3.66. The van der Waals surface area contributed by atoms with E-state index in [1.54, 1.807) is 18.2 Å². The highest BCUT2D eigenvalue weighted by Crippen LogP contribution is 2.43. The molecule has 2 aliphatic heterocycles. The summed E-state index contributed by atoms with van der Waals surface area (Å²) in [5, 5.41) is 0. The highest BCUT2D eigenvalue weighted by molar-refractivity contribution is 5.95. The van der Waals surface area contributed by atoms with Gasteiger partial charge in [0, 0.05) is 24.2 Å². The Bertz CT molecular complexity index is 761. The number of fused-ring (bicyclic) bond motifs is 4. The van der Waals surface area contributed by atoms with E-state index in [4.69, 9.17) is 0 Å². The summed E-state index contributed by atoms with van der Waals surface area (Å²) in [6, 6.07) is 6.27. The summed E-state index contributed by atoms with van der Waals surface area (Å²) < 4.78 is 13.9. The lowest BCUT2D eigenvalue weighted by Crippen LogP contribution is -2.42. The first-order valence-electron chi connectivity index (χ1n) is 7.55. The number of halogens is 1. The van der Waals surface area contributed by atoms with Gasteiger partial charge in [-0.3, -0.25) is 4.79 Å². The highest BCUT2D eigenvalue weighted by atomic mass is 19.1. The van der Waals surface area contributed by atoms with Gasteiger partial charge in [0.25, 0.3) is 5.91 Å². The average Bonchev–Trinajstić information content (AvgIpc) is 2.82. The van der Waals surface area contributed by atoms with Gasteiger partial charge in [0.15, 0.2) is 0 Å². The molecule has 0 aliphatic carbocycles. The van der Waals surface area contributed by atoms with E-state index in [-0.39, 0.29) is 23.6 Å². The van der Waals surface area contributed by atoms with Crippen LogP contribution in [0.5, 0.6) is 0 Å². The number of aryl methyl sites for hydroxylation is 1. The number of hydrogen-bond acceptors (Lipinski definition) is 3. The summed E-state index contributed by atoms with van der Waals surface area (Å²) in [5.41, 5.74) is 2.21. The molecule has 1 saturated heterocycles. The van der Waals surface area contributed by atoms with Gasteiger partial charge in [0.05, 0.1) is 17.3 Å². The van der Waals surface area contributed by atoms with Crippen LogP contribution in [0.25, 0.3) is 0 Å². The zero-order valence-electron chi connectivity index (χ0n) is 12.3. The van der Waals surface area contributed by atoms with Crippen LogP contribution in [0.3, 0.4) is 0 Å². The van der Waals surface area contributed by atoms with E-state index < -0.39 is 5.82 Å². The van der Waals surface area contributed by atoms with Crippen LogP contribution in [0.1, 0.15) is 46.3 Å². The molecule has 5 heteroatoms. The largest absolute Gasteiger partial charge is 0.328 e. The summed E-state index contributed by atoms with van der Waals surface area (Å²) in [6.07, 6.45) is 4.38. The molecule has 0 radical (unpaired) electrons. The molecule has 4 rings (SSSR count). The Morgan fingerprint density at radius 2 is 2.14 bits per heavy atom. The van der Waals surface area contributed by atoms with Gasteiger partial charge in [0.2, 0.25) is 0 Å². The maximum absolute atomic E-state index is 13.9. The van der Waals surface area contributed by atoms with E-state index in [2.05, 4.69) is 9.97 Å². The first-order valence-corrected chi connectivity index (χ1v) is 7.55. The third kappa shape index (κ3) is 1.92. The molecule has 0 unspecified atom stereocenters. The summed E-state index contributed by atoms with van der Waals surface area (Å²) in [4.78, 5) is 23.4. The standard InChI is InChI=1S/C17H16FN3O/c1-10-19-9-13-15(20-10)8-11-6-7-16(13)21(11)17(22)12-4-2-3-5-14(12)18/h2-5,9,11,16H,6-8H2,1H3/t11-,16+/m0/s1. The second kappa shape index (κ2) is 4.87. The molecule has 1 fully saturated rings. The van der Waals surface area contributed by atoms with Gasteiger partial charge >= 0.3 is 0 Å². The Kier molecular flexibility index (Phi) is 2.96. The number of aromatic nitrogens is 2. The molecular formula is C17H16FN3O. The summed E-state index contributed by atoms with van der Waals surface area (Å²) in [7, 11) is 0. The molecular weight excluding hydrogens is 281 g/mol. The van der Waals surface area contributed by atoms with E-state index in [1.165, 1.54) is 6.07 Å². The van der Waals surface area contributed by atoms with Gasteiger partial charge in [-0.25, -0.2) is 14.4 Å². The van der Waals surface area contributed by atoms with Gasteiger partial charge in [0.1, 0.15) is 11.6 Å². The molecule has 2 atom stereocenters. The fraction of sp³-hybridized carbons (Fsp3) is 0.353. The number of benzene rings is 1. The average molecular weight is 297 g/mol. The Balaban J connectivity index is 1.74. The summed E-state index contributed by atoms with van der Waals surface area (Å²) in [6.45, 7) is 1.87. The first-order chi connectivity index (χ1) is 10.6. The van der Waals surface area contributed by atoms with Gasteiger partial charge in [-0.2, -0.15) is 0 Å². The van der Waals surface area contributed by atoms with Crippen molar-refractivity contribution in [1.29, 1.82) is 0 Å².